The van der Waals surface area contributed by atoms with Crippen molar-refractivity contribution in [1.82, 2.24) is 10.6 Å². The molecule has 0 radical (unpaired) electrons. The van der Waals surface area contributed by atoms with Crippen molar-refractivity contribution in [3.63, 3.8) is 0 Å². The Morgan fingerprint density at radius 1 is 0.794 bits per heavy atom. The molecule has 0 fully saturated rings. The predicted molar refractivity (Wildman–Crippen MR) is 135 cm³/mol. The van der Waals surface area contributed by atoms with Crippen molar-refractivity contribution in [1.29, 1.82) is 0 Å². The Kier molecular flexibility index (Phi) is 8.57. The number of carbonyl (C=O) groups is 3. The van der Waals surface area contributed by atoms with Crippen LogP contribution >= 0.6 is 0 Å². The van der Waals surface area contributed by atoms with Gasteiger partial charge in [0.25, 0.3) is 11.8 Å². The number of hydrogen-bond acceptors (Lipinski definition) is 3. The second kappa shape index (κ2) is 11.8. The first-order valence-electron chi connectivity index (χ1n) is 11.4. The maximum absolute atomic E-state index is 13.2. The van der Waals surface area contributed by atoms with Gasteiger partial charge in [-0.05, 0) is 54.3 Å². The summed E-state index contributed by atoms with van der Waals surface area (Å²) in [6.07, 6.45) is 0.347. The van der Waals surface area contributed by atoms with Gasteiger partial charge in [-0.15, -0.1) is 0 Å². The molecule has 0 saturated carbocycles. The van der Waals surface area contributed by atoms with E-state index in [9.17, 15) is 14.4 Å². The van der Waals surface area contributed by atoms with Gasteiger partial charge in [0.15, 0.2) is 0 Å². The van der Waals surface area contributed by atoms with Gasteiger partial charge in [-0.2, -0.15) is 0 Å². The smallest absolute Gasteiger partial charge is 0.251 e. The molecule has 6 heteroatoms. The molecule has 0 aliphatic heterocycles. The molecule has 0 saturated heterocycles. The SMILES string of the molecule is Cc1cc(C(=O)NCC(C)C)ccc1NC(=O)C(Cc1ccccc1)NC(=O)c1ccccc1. The molecule has 0 aromatic heterocycles. The normalized spacial score (nSPS) is 11.5. The van der Waals surface area contributed by atoms with Crippen LogP contribution in [0, 0.1) is 12.8 Å². The van der Waals surface area contributed by atoms with E-state index in [0.29, 0.717) is 35.7 Å². The van der Waals surface area contributed by atoms with Crippen LogP contribution in [0.3, 0.4) is 0 Å². The van der Waals surface area contributed by atoms with Gasteiger partial charge < -0.3 is 16.0 Å². The number of amides is 3. The highest BCUT2D eigenvalue weighted by atomic mass is 16.2. The molecule has 1 unspecified atom stereocenters. The molecule has 6 nitrogen and oxygen atoms in total. The average Bonchev–Trinajstić information content (AvgIpc) is 2.84. The first-order valence-corrected chi connectivity index (χ1v) is 11.4. The summed E-state index contributed by atoms with van der Waals surface area (Å²) in [5.41, 5.74) is 3.32. The number of aryl methyl sites for hydroxylation is 1. The standard InChI is InChI=1S/C28H31N3O3/c1-19(2)18-29-26(32)23-14-15-24(20(3)16-23)30-28(34)25(17-21-10-6-4-7-11-21)31-27(33)22-12-8-5-9-13-22/h4-16,19,25H,17-18H2,1-3H3,(H,29,32)(H,30,34)(H,31,33). The Labute approximate surface area is 200 Å². The van der Waals surface area contributed by atoms with Crippen molar-refractivity contribution in [2.75, 3.05) is 11.9 Å². The number of hydrogen-bond donors (Lipinski definition) is 3. The lowest BCUT2D eigenvalue weighted by atomic mass is 10.0. The van der Waals surface area contributed by atoms with Crippen LogP contribution in [0.25, 0.3) is 0 Å². The minimum Gasteiger partial charge on any atom is -0.352 e. The molecule has 3 rings (SSSR count). The van der Waals surface area contributed by atoms with Crippen molar-refractivity contribution in [2.24, 2.45) is 5.92 Å². The van der Waals surface area contributed by atoms with Gasteiger partial charge >= 0.3 is 0 Å². The Balaban J connectivity index is 1.75. The lowest BCUT2D eigenvalue weighted by Crippen LogP contribution is -2.45. The van der Waals surface area contributed by atoms with Gasteiger partial charge in [0, 0.05) is 29.8 Å². The molecule has 3 aromatic carbocycles. The number of nitrogens with one attached hydrogen (secondary N) is 3. The Morgan fingerprint density at radius 2 is 1.44 bits per heavy atom. The Bertz CT molecular complexity index is 1130. The molecule has 3 amide bonds. The first kappa shape index (κ1) is 24.7. The minimum absolute atomic E-state index is 0.147. The molecule has 3 N–H and O–H groups in total. The van der Waals surface area contributed by atoms with E-state index in [1.807, 2.05) is 57.2 Å². The molecule has 0 heterocycles. The summed E-state index contributed by atoms with van der Waals surface area (Å²) in [5, 5.41) is 8.68. The highest BCUT2D eigenvalue weighted by Gasteiger charge is 2.23. The van der Waals surface area contributed by atoms with Crippen molar-refractivity contribution >= 4 is 23.4 Å². The molecular formula is C28H31N3O3. The Hall–Kier alpha value is -3.93. The van der Waals surface area contributed by atoms with Crippen LogP contribution in [-0.4, -0.2) is 30.3 Å². The van der Waals surface area contributed by atoms with E-state index in [-0.39, 0.29) is 17.7 Å². The summed E-state index contributed by atoms with van der Waals surface area (Å²) >= 11 is 0. The van der Waals surface area contributed by atoms with Crippen LogP contribution in [0.4, 0.5) is 5.69 Å². The molecule has 0 aliphatic carbocycles. The zero-order valence-corrected chi connectivity index (χ0v) is 19.8. The molecule has 0 bridgehead atoms. The largest absolute Gasteiger partial charge is 0.352 e. The van der Waals surface area contributed by atoms with Crippen LogP contribution in [0.5, 0.6) is 0 Å². The van der Waals surface area contributed by atoms with Crippen LogP contribution in [0.15, 0.2) is 78.9 Å². The molecule has 0 spiro atoms. The first-order chi connectivity index (χ1) is 16.3. The summed E-state index contributed by atoms with van der Waals surface area (Å²) in [7, 11) is 0. The summed E-state index contributed by atoms with van der Waals surface area (Å²) in [4.78, 5) is 38.3. The summed E-state index contributed by atoms with van der Waals surface area (Å²) in [6.45, 7) is 6.50. The second-order valence-electron chi connectivity index (χ2n) is 8.70. The van der Waals surface area contributed by atoms with Gasteiger partial charge in [-0.1, -0.05) is 62.4 Å². The highest BCUT2D eigenvalue weighted by Crippen LogP contribution is 2.18. The molecular weight excluding hydrogens is 426 g/mol. The van der Waals surface area contributed by atoms with Crippen molar-refractivity contribution in [3.05, 3.63) is 101 Å². The fraction of sp³-hybridized carbons (Fsp3) is 0.250. The second-order valence-corrected chi connectivity index (χ2v) is 8.70. The summed E-state index contributed by atoms with van der Waals surface area (Å²) in [6, 6.07) is 22.7. The van der Waals surface area contributed by atoms with E-state index in [1.54, 1.807) is 42.5 Å². The van der Waals surface area contributed by atoms with Crippen molar-refractivity contribution in [2.45, 2.75) is 33.2 Å². The number of rotatable bonds is 9. The van der Waals surface area contributed by atoms with E-state index in [0.717, 1.165) is 11.1 Å². The third-order valence-electron chi connectivity index (χ3n) is 5.36. The van der Waals surface area contributed by atoms with Gasteiger partial charge in [-0.25, -0.2) is 0 Å². The van der Waals surface area contributed by atoms with Crippen molar-refractivity contribution in [3.8, 4) is 0 Å². The third kappa shape index (κ3) is 7.04. The molecule has 176 valence electrons. The fourth-order valence-electron chi connectivity index (χ4n) is 3.45. The van der Waals surface area contributed by atoms with E-state index in [1.165, 1.54) is 0 Å². The zero-order chi connectivity index (χ0) is 24.5. The summed E-state index contributed by atoms with van der Waals surface area (Å²) in [5.74, 6) is -0.429. The number of benzene rings is 3. The topological polar surface area (TPSA) is 87.3 Å². The fourth-order valence-corrected chi connectivity index (χ4v) is 3.45. The van der Waals surface area contributed by atoms with Crippen LogP contribution in [0.2, 0.25) is 0 Å². The zero-order valence-electron chi connectivity index (χ0n) is 19.8. The van der Waals surface area contributed by atoms with Gasteiger partial charge in [0.1, 0.15) is 6.04 Å². The highest BCUT2D eigenvalue weighted by molar-refractivity contribution is 6.02. The van der Waals surface area contributed by atoms with Crippen LogP contribution in [0.1, 0.15) is 45.7 Å². The number of carbonyl (C=O) groups excluding carboxylic acids is 3. The summed E-state index contributed by atoms with van der Waals surface area (Å²) < 4.78 is 0. The van der Waals surface area contributed by atoms with E-state index in [2.05, 4.69) is 16.0 Å². The minimum atomic E-state index is -0.775. The van der Waals surface area contributed by atoms with Crippen molar-refractivity contribution < 1.29 is 14.4 Å². The van der Waals surface area contributed by atoms with Gasteiger partial charge in [0.2, 0.25) is 5.91 Å². The molecule has 3 aromatic rings. The quantitative estimate of drug-likeness (QED) is 0.446. The predicted octanol–water partition coefficient (Wildman–Crippen LogP) is 4.36. The van der Waals surface area contributed by atoms with E-state index >= 15 is 0 Å². The lowest BCUT2D eigenvalue weighted by Gasteiger charge is -2.20. The van der Waals surface area contributed by atoms with Gasteiger partial charge in [-0.3, -0.25) is 14.4 Å². The van der Waals surface area contributed by atoms with E-state index in [4.69, 9.17) is 0 Å². The average molecular weight is 458 g/mol. The third-order valence-corrected chi connectivity index (χ3v) is 5.36. The van der Waals surface area contributed by atoms with Crippen LogP contribution < -0.4 is 16.0 Å². The Morgan fingerprint density at radius 3 is 2.06 bits per heavy atom. The number of anilines is 1. The molecule has 34 heavy (non-hydrogen) atoms. The molecule has 1 atom stereocenters. The lowest BCUT2D eigenvalue weighted by molar-refractivity contribution is -0.118. The maximum atomic E-state index is 13.2. The van der Waals surface area contributed by atoms with E-state index < -0.39 is 6.04 Å². The maximum Gasteiger partial charge on any atom is 0.251 e. The van der Waals surface area contributed by atoms with Crippen LogP contribution in [-0.2, 0) is 11.2 Å². The monoisotopic (exact) mass is 457 g/mol. The van der Waals surface area contributed by atoms with Gasteiger partial charge in [0.05, 0.1) is 0 Å². The molecule has 0 aliphatic rings.